The molecule has 1 saturated carbocycles. The van der Waals surface area contributed by atoms with Gasteiger partial charge in [-0.3, -0.25) is 0 Å². The van der Waals surface area contributed by atoms with E-state index in [1.54, 1.807) is 6.33 Å². The van der Waals surface area contributed by atoms with Crippen molar-refractivity contribution in [3.63, 3.8) is 0 Å². The van der Waals surface area contributed by atoms with Crippen molar-refractivity contribution in [3.05, 3.63) is 17.6 Å². The third-order valence-electron chi connectivity index (χ3n) is 4.14. The maximum Gasteiger partial charge on any atom is 0.254 e. The Kier molecular flexibility index (Phi) is 2.04. The monoisotopic (exact) mass is 257 g/mol. The Hall–Kier alpha value is -1.65. The van der Waals surface area contributed by atoms with Crippen LogP contribution in [0.3, 0.4) is 0 Å². The van der Waals surface area contributed by atoms with Crippen molar-refractivity contribution in [3.8, 4) is 0 Å². The molecule has 3 heterocycles. The molecule has 5 heteroatoms. The zero-order valence-corrected chi connectivity index (χ0v) is 11.7. The number of hydrogen-bond donors (Lipinski definition) is 0. The highest BCUT2D eigenvalue weighted by Gasteiger charge is 2.37. The molecule has 0 unspecified atom stereocenters. The molecule has 0 amide bonds. The van der Waals surface area contributed by atoms with Crippen molar-refractivity contribution >= 4 is 11.6 Å². The van der Waals surface area contributed by atoms with E-state index in [-0.39, 0.29) is 5.54 Å². The van der Waals surface area contributed by atoms with Crippen LogP contribution in [0.2, 0.25) is 0 Å². The summed E-state index contributed by atoms with van der Waals surface area (Å²) in [4.78, 5) is 11.5. The summed E-state index contributed by atoms with van der Waals surface area (Å²) in [6, 6.07) is 0. The molecule has 100 valence electrons. The van der Waals surface area contributed by atoms with E-state index in [0.717, 1.165) is 18.7 Å². The van der Waals surface area contributed by atoms with Gasteiger partial charge in [-0.05, 0) is 40.0 Å². The summed E-state index contributed by atoms with van der Waals surface area (Å²) >= 11 is 0. The minimum atomic E-state index is 0.103. The summed E-state index contributed by atoms with van der Waals surface area (Å²) in [5.74, 6) is 2.63. The Morgan fingerprint density at radius 3 is 2.74 bits per heavy atom. The van der Waals surface area contributed by atoms with Crippen LogP contribution < -0.4 is 4.90 Å². The molecule has 1 aliphatic heterocycles. The number of hydrogen-bond acceptors (Lipinski definition) is 4. The van der Waals surface area contributed by atoms with E-state index in [2.05, 4.69) is 35.8 Å². The normalized spacial score (nSPS) is 19.2. The lowest BCUT2D eigenvalue weighted by Gasteiger charge is -2.34. The van der Waals surface area contributed by atoms with E-state index in [1.165, 1.54) is 29.9 Å². The van der Waals surface area contributed by atoms with Gasteiger partial charge in [-0.1, -0.05) is 0 Å². The molecule has 5 nitrogen and oxygen atoms in total. The minimum Gasteiger partial charge on any atom is -0.351 e. The second kappa shape index (κ2) is 3.46. The molecule has 0 aromatic carbocycles. The van der Waals surface area contributed by atoms with E-state index in [4.69, 9.17) is 4.98 Å². The van der Waals surface area contributed by atoms with Gasteiger partial charge >= 0.3 is 0 Å². The lowest BCUT2D eigenvalue weighted by Crippen LogP contribution is -2.41. The largest absolute Gasteiger partial charge is 0.351 e. The standard InChI is InChI=1S/C14H19N5/c1-14(2,3)18-7-6-10-11(9-4-5-9)17-13-15-8-16-19(13)12(10)18/h8-9H,4-7H2,1-3H3. The van der Waals surface area contributed by atoms with E-state index < -0.39 is 0 Å². The van der Waals surface area contributed by atoms with Crippen molar-refractivity contribution in [2.45, 2.75) is 51.5 Å². The molecule has 1 aliphatic carbocycles. The number of rotatable bonds is 1. The molecule has 2 aromatic rings. The van der Waals surface area contributed by atoms with Crippen molar-refractivity contribution in [2.24, 2.45) is 0 Å². The van der Waals surface area contributed by atoms with Crippen LogP contribution in [0.15, 0.2) is 6.33 Å². The van der Waals surface area contributed by atoms with Gasteiger partial charge in [0.15, 0.2) is 0 Å². The van der Waals surface area contributed by atoms with E-state index in [9.17, 15) is 0 Å². The first kappa shape index (κ1) is 11.2. The quantitative estimate of drug-likeness (QED) is 0.785. The molecule has 2 aromatic heterocycles. The highest BCUT2D eigenvalue weighted by atomic mass is 15.4. The number of fused-ring (bicyclic) bond motifs is 3. The van der Waals surface area contributed by atoms with Crippen LogP contribution >= 0.6 is 0 Å². The smallest absolute Gasteiger partial charge is 0.254 e. The average Bonchev–Trinajstić information content (AvgIpc) is 2.89. The summed E-state index contributed by atoms with van der Waals surface area (Å²) in [6.45, 7) is 7.81. The lowest BCUT2D eigenvalue weighted by atomic mass is 10.1. The van der Waals surface area contributed by atoms with Gasteiger partial charge in [0.05, 0.1) is 5.69 Å². The molecule has 4 rings (SSSR count). The van der Waals surface area contributed by atoms with Crippen LogP contribution in [-0.4, -0.2) is 31.7 Å². The first-order chi connectivity index (χ1) is 9.05. The fourth-order valence-electron chi connectivity index (χ4n) is 3.07. The molecule has 0 spiro atoms. The van der Waals surface area contributed by atoms with Crippen molar-refractivity contribution < 1.29 is 0 Å². The maximum atomic E-state index is 4.75. The Morgan fingerprint density at radius 1 is 1.26 bits per heavy atom. The molecule has 19 heavy (non-hydrogen) atoms. The third kappa shape index (κ3) is 1.57. The van der Waals surface area contributed by atoms with Crippen LogP contribution in [0.1, 0.15) is 50.8 Å². The molecule has 0 bridgehead atoms. The number of anilines is 1. The predicted octanol–water partition coefficient (Wildman–Crippen LogP) is 2.16. The van der Waals surface area contributed by atoms with Gasteiger partial charge in [0, 0.05) is 23.6 Å². The molecular formula is C14H19N5. The Bertz CT molecular complexity index is 648. The van der Waals surface area contributed by atoms with Gasteiger partial charge in [-0.15, -0.1) is 0 Å². The van der Waals surface area contributed by atoms with E-state index in [0.29, 0.717) is 5.92 Å². The molecule has 0 saturated heterocycles. The van der Waals surface area contributed by atoms with Crippen molar-refractivity contribution in [2.75, 3.05) is 11.4 Å². The van der Waals surface area contributed by atoms with Crippen molar-refractivity contribution in [1.82, 2.24) is 19.6 Å². The first-order valence-corrected chi connectivity index (χ1v) is 7.06. The topological polar surface area (TPSA) is 46.3 Å². The van der Waals surface area contributed by atoms with Gasteiger partial charge < -0.3 is 4.90 Å². The minimum absolute atomic E-state index is 0.103. The van der Waals surface area contributed by atoms with E-state index >= 15 is 0 Å². The Balaban J connectivity index is 2.00. The fourth-order valence-corrected chi connectivity index (χ4v) is 3.07. The van der Waals surface area contributed by atoms with Gasteiger partial charge in [-0.2, -0.15) is 14.6 Å². The highest BCUT2D eigenvalue weighted by Crippen LogP contribution is 2.45. The molecule has 0 radical (unpaired) electrons. The zero-order chi connectivity index (χ0) is 13.2. The fraction of sp³-hybridized carbons (Fsp3) is 0.643. The summed E-state index contributed by atoms with van der Waals surface area (Å²) in [6.07, 6.45) is 5.25. The molecule has 2 aliphatic rings. The number of nitrogens with zero attached hydrogens (tertiary/aromatic N) is 5. The van der Waals surface area contributed by atoms with Gasteiger partial charge in [-0.25, -0.2) is 4.98 Å². The SMILES string of the molecule is CC(C)(C)N1CCc2c(C3CC3)nc3ncnn3c21. The predicted molar refractivity (Wildman–Crippen MR) is 73.6 cm³/mol. The van der Waals surface area contributed by atoms with Gasteiger partial charge in [0.25, 0.3) is 5.78 Å². The average molecular weight is 257 g/mol. The van der Waals surface area contributed by atoms with E-state index in [1.807, 2.05) is 4.52 Å². The molecule has 0 atom stereocenters. The Labute approximate surface area is 112 Å². The summed E-state index contributed by atoms with van der Waals surface area (Å²) < 4.78 is 1.92. The van der Waals surface area contributed by atoms with Crippen LogP contribution in [0.25, 0.3) is 5.78 Å². The van der Waals surface area contributed by atoms with Crippen LogP contribution in [0, 0.1) is 0 Å². The highest BCUT2D eigenvalue weighted by molar-refractivity contribution is 5.61. The lowest BCUT2D eigenvalue weighted by molar-refractivity contribution is 0.510. The summed E-state index contributed by atoms with van der Waals surface area (Å²) in [7, 11) is 0. The Morgan fingerprint density at radius 2 is 2.05 bits per heavy atom. The molecule has 1 fully saturated rings. The van der Waals surface area contributed by atoms with Crippen molar-refractivity contribution in [1.29, 1.82) is 0 Å². The second-order valence-corrected chi connectivity index (χ2v) is 6.62. The summed E-state index contributed by atoms with van der Waals surface area (Å²) in [5.41, 5.74) is 2.78. The zero-order valence-electron chi connectivity index (χ0n) is 11.7. The first-order valence-electron chi connectivity index (χ1n) is 7.06. The van der Waals surface area contributed by atoms with Crippen LogP contribution in [0.4, 0.5) is 5.82 Å². The molecule has 0 N–H and O–H groups in total. The van der Waals surface area contributed by atoms with Crippen LogP contribution in [-0.2, 0) is 6.42 Å². The second-order valence-electron chi connectivity index (χ2n) is 6.62. The van der Waals surface area contributed by atoms with Crippen LogP contribution in [0.5, 0.6) is 0 Å². The third-order valence-corrected chi connectivity index (χ3v) is 4.14. The maximum absolute atomic E-state index is 4.75. The number of aromatic nitrogens is 4. The van der Waals surface area contributed by atoms with Gasteiger partial charge in [0.2, 0.25) is 0 Å². The molecular weight excluding hydrogens is 238 g/mol. The van der Waals surface area contributed by atoms with Gasteiger partial charge in [0.1, 0.15) is 12.1 Å². The summed E-state index contributed by atoms with van der Waals surface area (Å²) in [5, 5.41) is 4.38.